The number of carbonyl (C=O) groups excluding carboxylic acids is 1. The van der Waals surface area contributed by atoms with Crippen molar-refractivity contribution < 1.29 is 4.79 Å². The van der Waals surface area contributed by atoms with Crippen LogP contribution in [0.4, 0.5) is 11.5 Å². The summed E-state index contributed by atoms with van der Waals surface area (Å²) in [5.41, 5.74) is 6.19. The van der Waals surface area contributed by atoms with Crippen LogP contribution in [-0.2, 0) is 4.79 Å². The number of amides is 1. The second kappa shape index (κ2) is 4.96. The Balaban J connectivity index is 1.84. The van der Waals surface area contributed by atoms with Gasteiger partial charge in [-0.15, -0.1) is 0 Å². The number of nitrogens with two attached hydrogens (primary N) is 1. The highest BCUT2D eigenvalue weighted by molar-refractivity contribution is 5.90. The molecule has 0 bridgehead atoms. The molecule has 0 aliphatic heterocycles. The van der Waals surface area contributed by atoms with Crippen molar-refractivity contribution in [2.45, 2.75) is 32.1 Å². The Hall–Kier alpha value is -1.58. The number of pyridine rings is 1. The molecule has 2 rings (SSSR count). The molecule has 1 saturated carbocycles. The number of nitrogen functional groups attached to an aromatic ring is 1. The maximum Gasteiger partial charge on any atom is 0.224 e. The van der Waals surface area contributed by atoms with Crippen LogP contribution < -0.4 is 11.1 Å². The van der Waals surface area contributed by atoms with Crippen molar-refractivity contribution in [3.05, 3.63) is 18.3 Å². The van der Waals surface area contributed by atoms with Gasteiger partial charge in [-0.05, 0) is 30.9 Å². The molecule has 0 aromatic carbocycles. The van der Waals surface area contributed by atoms with Crippen molar-refractivity contribution in [2.75, 3.05) is 11.1 Å². The Morgan fingerprint density at radius 2 is 2.19 bits per heavy atom. The van der Waals surface area contributed by atoms with Gasteiger partial charge in [-0.3, -0.25) is 4.79 Å². The lowest BCUT2D eigenvalue weighted by Gasteiger charge is -2.09. The van der Waals surface area contributed by atoms with E-state index in [2.05, 4.69) is 10.3 Å². The lowest BCUT2D eigenvalue weighted by Crippen LogP contribution is -2.15. The zero-order valence-electron chi connectivity index (χ0n) is 9.28. The predicted molar refractivity (Wildman–Crippen MR) is 63.9 cm³/mol. The topological polar surface area (TPSA) is 68.0 Å². The van der Waals surface area contributed by atoms with Gasteiger partial charge in [0.15, 0.2) is 0 Å². The SMILES string of the molecule is Nc1ccc(NC(=O)CC2CCCC2)cn1. The van der Waals surface area contributed by atoms with Gasteiger partial charge in [0.05, 0.1) is 11.9 Å². The van der Waals surface area contributed by atoms with Crippen LogP contribution in [0.15, 0.2) is 18.3 Å². The summed E-state index contributed by atoms with van der Waals surface area (Å²) in [7, 11) is 0. The Morgan fingerprint density at radius 1 is 1.44 bits per heavy atom. The molecule has 4 nitrogen and oxygen atoms in total. The molecule has 3 N–H and O–H groups in total. The van der Waals surface area contributed by atoms with Crippen molar-refractivity contribution >= 4 is 17.4 Å². The van der Waals surface area contributed by atoms with Gasteiger partial charge in [0.25, 0.3) is 0 Å². The first-order valence-electron chi connectivity index (χ1n) is 5.75. The first kappa shape index (κ1) is 10.9. The second-order valence-electron chi connectivity index (χ2n) is 4.37. The number of hydrogen-bond donors (Lipinski definition) is 2. The fourth-order valence-corrected chi connectivity index (χ4v) is 2.17. The molecule has 0 radical (unpaired) electrons. The molecule has 4 heteroatoms. The summed E-state index contributed by atoms with van der Waals surface area (Å²) in [6.45, 7) is 0. The fourth-order valence-electron chi connectivity index (χ4n) is 2.17. The average molecular weight is 219 g/mol. The number of aromatic nitrogens is 1. The largest absolute Gasteiger partial charge is 0.384 e. The maximum absolute atomic E-state index is 11.7. The molecule has 1 fully saturated rings. The van der Waals surface area contributed by atoms with Crippen molar-refractivity contribution in [3.63, 3.8) is 0 Å². The summed E-state index contributed by atoms with van der Waals surface area (Å²) in [6, 6.07) is 3.46. The van der Waals surface area contributed by atoms with Crippen LogP contribution in [0.5, 0.6) is 0 Å². The minimum atomic E-state index is 0.0819. The molecule has 1 aromatic rings. The highest BCUT2D eigenvalue weighted by atomic mass is 16.1. The zero-order valence-corrected chi connectivity index (χ0v) is 9.28. The smallest absolute Gasteiger partial charge is 0.224 e. The third-order valence-corrected chi connectivity index (χ3v) is 3.02. The minimum absolute atomic E-state index is 0.0819. The zero-order chi connectivity index (χ0) is 11.4. The highest BCUT2D eigenvalue weighted by Crippen LogP contribution is 2.27. The summed E-state index contributed by atoms with van der Waals surface area (Å²) < 4.78 is 0. The van der Waals surface area contributed by atoms with E-state index in [0.717, 1.165) is 5.69 Å². The molecular formula is C12H17N3O. The lowest BCUT2D eigenvalue weighted by atomic mass is 10.0. The first-order valence-corrected chi connectivity index (χ1v) is 5.75. The van der Waals surface area contributed by atoms with E-state index in [1.807, 2.05) is 0 Å². The number of anilines is 2. The van der Waals surface area contributed by atoms with Gasteiger partial charge in [0.2, 0.25) is 5.91 Å². The molecule has 1 aliphatic rings. The van der Waals surface area contributed by atoms with E-state index in [-0.39, 0.29) is 5.91 Å². The molecule has 0 spiro atoms. The maximum atomic E-state index is 11.7. The molecule has 86 valence electrons. The molecule has 0 unspecified atom stereocenters. The number of rotatable bonds is 3. The summed E-state index contributed by atoms with van der Waals surface area (Å²) in [6.07, 6.45) is 7.12. The summed E-state index contributed by atoms with van der Waals surface area (Å²) in [5.74, 6) is 1.12. The standard InChI is InChI=1S/C12H17N3O/c13-11-6-5-10(8-14-11)15-12(16)7-9-3-1-2-4-9/h5-6,8-9H,1-4,7H2,(H2,13,14)(H,15,16). The average Bonchev–Trinajstić information content (AvgIpc) is 2.74. The quantitative estimate of drug-likeness (QED) is 0.818. The second-order valence-corrected chi connectivity index (χ2v) is 4.37. The van der Waals surface area contributed by atoms with E-state index in [4.69, 9.17) is 5.73 Å². The summed E-state index contributed by atoms with van der Waals surface area (Å²) >= 11 is 0. The summed E-state index contributed by atoms with van der Waals surface area (Å²) in [4.78, 5) is 15.6. The fraction of sp³-hybridized carbons (Fsp3) is 0.500. The van der Waals surface area contributed by atoms with E-state index in [0.29, 0.717) is 18.2 Å². The Morgan fingerprint density at radius 3 is 2.81 bits per heavy atom. The Bertz CT molecular complexity index is 355. The van der Waals surface area contributed by atoms with Gasteiger partial charge in [-0.25, -0.2) is 4.98 Å². The van der Waals surface area contributed by atoms with Crippen molar-refractivity contribution in [1.82, 2.24) is 4.98 Å². The van der Waals surface area contributed by atoms with E-state index in [1.54, 1.807) is 18.3 Å². The van der Waals surface area contributed by atoms with Gasteiger partial charge in [0, 0.05) is 6.42 Å². The highest BCUT2D eigenvalue weighted by Gasteiger charge is 2.18. The van der Waals surface area contributed by atoms with E-state index in [9.17, 15) is 4.79 Å². The number of nitrogens with one attached hydrogen (secondary N) is 1. The summed E-state index contributed by atoms with van der Waals surface area (Å²) in [5, 5.41) is 2.84. The number of nitrogens with zero attached hydrogens (tertiary/aromatic N) is 1. The van der Waals surface area contributed by atoms with Crippen LogP contribution in [-0.4, -0.2) is 10.9 Å². The normalized spacial score (nSPS) is 16.2. The van der Waals surface area contributed by atoms with Crippen molar-refractivity contribution in [1.29, 1.82) is 0 Å². The van der Waals surface area contributed by atoms with Gasteiger partial charge >= 0.3 is 0 Å². The minimum Gasteiger partial charge on any atom is -0.384 e. The van der Waals surface area contributed by atoms with Crippen LogP contribution in [0.2, 0.25) is 0 Å². The molecular weight excluding hydrogens is 202 g/mol. The third kappa shape index (κ3) is 2.95. The van der Waals surface area contributed by atoms with Gasteiger partial charge in [-0.2, -0.15) is 0 Å². The van der Waals surface area contributed by atoms with Crippen LogP contribution in [0.3, 0.4) is 0 Å². The van der Waals surface area contributed by atoms with E-state index >= 15 is 0 Å². The monoisotopic (exact) mass is 219 g/mol. The molecule has 0 atom stereocenters. The van der Waals surface area contributed by atoms with Crippen molar-refractivity contribution in [3.8, 4) is 0 Å². The molecule has 1 amide bonds. The molecule has 1 heterocycles. The lowest BCUT2D eigenvalue weighted by molar-refractivity contribution is -0.117. The number of carbonyl (C=O) groups is 1. The molecule has 1 aliphatic carbocycles. The van der Waals surface area contributed by atoms with Crippen LogP contribution in [0, 0.1) is 5.92 Å². The molecule has 16 heavy (non-hydrogen) atoms. The Labute approximate surface area is 95.3 Å². The number of hydrogen-bond acceptors (Lipinski definition) is 3. The predicted octanol–water partition coefficient (Wildman–Crippen LogP) is 2.18. The Kier molecular flexibility index (Phi) is 3.39. The molecule has 1 aromatic heterocycles. The third-order valence-electron chi connectivity index (χ3n) is 3.02. The van der Waals surface area contributed by atoms with Crippen LogP contribution in [0.1, 0.15) is 32.1 Å². The van der Waals surface area contributed by atoms with Crippen LogP contribution in [0.25, 0.3) is 0 Å². The van der Waals surface area contributed by atoms with Crippen LogP contribution >= 0.6 is 0 Å². The van der Waals surface area contributed by atoms with Gasteiger partial charge in [-0.1, -0.05) is 12.8 Å². The first-order chi connectivity index (χ1) is 7.74. The van der Waals surface area contributed by atoms with Crippen molar-refractivity contribution in [2.24, 2.45) is 5.92 Å². The van der Waals surface area contributed by atoms with Gasteiger partial charge < -0.3 is 11.1 Å². The van der Waals surface area contributed by atoms with Gasteiger partial charge in [0.1, 0.15) is 5.82 Å². The molecule has 0 saturated heterocycles. The van der Waals surface area contributed by atoms with E-state index in [1.165, 1.54) is 25.7 Å². The van der Waals surface area contributed by atoms with E-state index < -0.39 is 0 Å².